The summed E-state index contributed by atoms with van der Waals surface area (Å²) in [5, 5.41) is 8.58. The minimum absolute atomic E-state index is 0.911. The molecule has 1 fully saturated rings. The number of thioether (sulfide) groups is 1. The lowest BCUT2D eigenvalue weighted by molar-refractivity contribution is -0.131. The Kier molecular flexibility index (Phi) is 5.48. The lowest BCUT2D eigenvalue weighted by atomic mass is 10.1. The maximum Gasteiger partial charge on any atom is 0.328 e. The highest BCUT2D eigenvalue weighted by atomic mass is 32.2. The highest BCUT2D eigenvalue weighted by molar-refractivity contribution is 7.99. The molecular formula is C15H19NO2S. The van der Waals surface area contributed by atoms with E-state index in [9.17, 15) is 4.79 Å². The maximum absolute atomic E-state index is 10.4. The van der Waals surface area contributed by atoms with E-state index in [1.165, 1.54) is 36.1 Å². The number of carboxylic acid groups (broad SMARTS) is 1. The Labute approximate surface area is 118 Å². The van der Waals surface area contributed by atoms with Gasteiger partial charge in [0.1, 0.15) is 0 Å². The van der Waals surface area contributed by atoms with Crippen LogP contribution in [0.2, 0.25) is 0 Å². The van der Waals surface area contributed by atoms with Gasteiger partial charge in [0.05, 0.1) is 0 Å². The lowest BCUT2D eigenvalue weighted by Crippen LogP contribution is -2.25. The number of carboxylic acids is 1. The van der Waals surface area contributed by atoms with Gasteiger partial charge in [-0.3, -0.25) is 4.90 Å². The summed E-state index contributed by atoms with van der Waals surface area (Å²) in [4.78, 5) is 12.9. The highest BCUT2D eigenvalue weighted by Crippen LogP contribution is 2.14. The Morgan fingerprint density at radius 2 is 2.05 bits per heavy atom. The monoisotopic (exact) mass is 277 g/mol. The van der Waals surface area contributed by atoms with E-state index in [4.69, 9.17) is 5.11 Å². The molecule has 0 unspecified atom stereocenters. The molecule has 0 radical (unpaired) electrons. The molecule has 1 aromatic rings. The SMILES string of the molecule is O=C(O)C=Cc1ccc(CN2CCCSCC2)cc1. The van der Waals surface area contributed by atoms with Crippen molar-refractivity contribution in [1.29, 1.82) is 0 Å². The third-order valence-electron chi connectivity index (χ3n) is 3.12. The van der Waals surface area contributed by atoms with Crippen LogP contribution in [0.5, 0.6) is 0 Å². The standard InChI is InChI=1S/C15H19NO2S/c17-15(18)7-6-13-2-4-14(5-3-13)12-16-8-1-10-19-11-9-16/h2-7H,1,8-12H2,(H,17,18). The van der Waals surface area contributed by atoms with E-state index >= 15 is 0 Å². The summed E-state index contributed by atoms with van der Waals surface area (Å²) in [7, 11) is 0. The molecule has 1 N–H and O–H groups in total. The van der Waals surface area contributed by atoms with E-state index in [0.717, 1.165) is 18.7 Å². The first-order chi connectivity index (χ1) is 9.24. The van der Waals surface area contributed by atoms with Crippen molar-refractivity contribution in [2.24, 2.45) is 0 Å². The first kappa shape index (κ1) is 14.2. The lowest BCUT2D eigenvalue weighted by Gasteiger charge is -2.19. The largest absolute Gasteiger partial charge is 0.478 e. The summed E-state index contributed by atoms with van der Waals surface area (Å²) < 4.78 is 0. The Morgan fingerprint density at radius 3 is 2.79 bits per heavy atom. The van der Waals surface area contributed by atoms with Crippen LogP contribution in [0.1, 0.15) is 17.5 Å². The van der Waals surface area contributed by atoms with Crippen LogP contribution in [-0.2, 0) is 11.3 Å². The summed E-state index contributed by atoms with van der Waals surface area (Å²) in [5.41, 5.74) is 2.22. The average Bonchev–Trinajstić information content (AvgIpc) is 2.66. The zero-order valence-corrected chi connectivity index (χ0v) is 11.7. The summed E-state index contributed by atoms with van der Waals surface area (Å²) >= 11 is 2.04. The van der Waals surface area contributed by atoms with E-state index in [2.05, 4.69) is 17.0 Å². The molecular weight excluding hydrogens is 258 g/mol. The van der Waals surface area contributed by atoms with Gasteiger partial charge < -0.3 is 5.11 Å². The first-order valence-corrected chi connectivity index (χ1v) is 7.69. The van der Waals surface area contributed by atoms with Crippen LogP contribution >= 0.6 is 11.8 Å². The molecule has 0 aromatic heterocycles. The fourth-order valence-corrected chi connectivity index (χ4v) is 3.04. The molecule has 1 aromatic carbocycles. The summed E-state index contributed by atoms with van der Waals surface area (Å²) in [6.45, 7) is 3.32. The number of nitrogens with zero attached hydrogens (tertiary/aromatic N) is 1. The minimum Gasteiger partial charge on any atom is -0.478 e. The molecule has 0 amide bonds. The quantitative estimate of drug-likeness (QED) is 0.859. The number of hydrogen-bond donors (Lipinski definition) is 1. The molecule has 0 aliphatic carbocycles. The third kappa shape index (κ3) is 5.09. The van der Waals surface area contributed by atoms with Crippen LogP contribution in [0.4, 0.5) is 0 Å². The van der Waals surface area contributed by atoms with Crippen molar-refractivity contribution in [1.82, 2.24) is 4.90 Å². The molecule has 0 atom stereocenters. The number of aliphatic carboxylic acids is 1. The van der Waals surface area contributed by atoms with Gasteiger partial charge in [-0.2, -0.15) is 11.8 Å². The van der Waals surface area contributed by atoms with Crippen molar-refractivity contribution in [3.8, 4) is 0 Å². The molecule has 0 bridgehead atoms. The Bertz CT molecular complexity index is 434. The van der Waals surface area contributed by atoms with E-state index in [-0.39, 0.29) is 0 Å². The average molecular weight is 277 g/mol. The fraction of sp³-hybridized carbons (Fsp3) is 0.400. The van der Waals surface area contributed by atoms with Gasteiger partial charge in [0.15, 0.2) is 0 Å². The molecule has 0 spiro atoms. The third-order valence-corrected chi connectivity index (χ3v) is 4.17. The van der Waals surface area contributed by atoms with Crippen LogP contribution in [0, 0.1) is 0 Å². The summed E-state index contributed by atoms with van der Waals surface area (Å²) in [6.07, 6.45) is 4.06. The molecule has 19 heavy (non-hydrogen) atoms. The normalized spacial score (nSPS) is 17.5. The zero-order chi connectivity index (χ0) is 13.5. The van der Waals surface area contributed by atoms with Crippen LogP contribution in [0.25, 0.3) is 6.08 Å². The Balaban J connectivity index is 1.92. The Hall–Kier alpha value is -1.26. The van der Waals surface area contributed by atoms with E-state index in [1.54, 1.807) is 6.08 Å². The summed E-state index contributed by atoms with van der Waals surface area (Å²) in [6, 6.07) is 8.11. The van der Waals surface area contributed by atoms with Gasteiger partial charge in [0.25, 0.3) is 0 Å². The number of hydrogen-bond acceptors (Lipinski definition) is 3. The van der Waals surface area contributed by atoms with Gasteiger partial charge in [0, 0.05) is 24.9 Å². The molecule has 4 heteroatoms. The molecule has 1 heterocycles. The molecule has 1 aliphatic rings. The first-order valence-electron chi connectivity index (χ1n) is 6.54. The predicted octanol–water partition coefficient (Wildman–Crippen LogP) is 2.72. The van der Waals surface area contributed by atoms with Gasteiger partial charge >= 0.3 is 5.97 Å². The zero-order valence-electron chi connectivity index (χ0n) is 10.9. The topological polar surface area (TPSA) is 40.5 Å². The van der Waals surface area contributed by atoms with Gasteiger partial charge in [0.2, 0.25) is 0 Å². The van der Waals surface area contributed by atoms with Crippen molar-refractivity contribution in [3.63, 3.8) is 0 Å². The van der Waals surface area contributed by atoms with Crippen LogP contribution in [0.15, 0.2) is 30.3 Å². The van der Waals surface area contributed by atoms with E-state index in [0.29, 0.717) is 0 Å². The Morgan fingerprint density at radius 1 is 1.26 bits per heavy atom. The van der Waals surface area contributed by atoms with Gasteiger partial charge in [-0.05, 0) is 35.9 Å². The predicted molar refractivity (Wildman–Crippen MR) is 80.3 cm³/mol. The van der Waals surface area contributed by atoms with Gasteiger partial charge in [-0.1, -0.05) is 24.3 Å². The van der Waals surface area contributed by atoms with Gasteiger partial charge in [-0.15, -0.1) is 0 Å². The van der Waals surface area contributed by atoms with Crippen LogP contribution < -0.4 is 0 Å². The van der Waals surface area contributed by atoms with Crippen molar-refractivity contribution in [2.45, 2.75) is 13.0 Å². The van der Waals surface area contributed by atoms with Crippen molar-refractivity contribution in [2.75, 3.05) is 24.6 Å². The second-order valence-corrected chi connectivity index (χ2v) is 5.88. The van der Waals surface area contributed by atoms with Crippen LogP contribution in [0.3, 0.4) is 0 Å². The highest BCUT2D eigenvalue weighted by Gasteiger charge is 2.09. The van der Waals surface area contributed by atoms with E-state index < -0.39 is 5.97 Å². The van der Waals surface area contributed by atoms with Gasteiger partial charge in [-0.25, -0.2) is 4.79 Å². The molecule has 3 nitrogen and oxygen atoms in total. The summed E-state index contributed by atoms with van der Waals surface area (Å²) in [5.74, 6) is 1.58. The smallest absolute Gasteiger partial charge is 0.328 e. The molecule has 0 saturated carbocycles. The van der Waals surface area contributed by atoms with Crippen LogP contribution in [-0.4, -0.2) is 40.6 Å². The molecule has 2 rings (SSSR count). The molecule has 102 valence electrons. The number of benzene rings is 1. The maximum atomic E-state index is 10.4. The number of rotatable bonds is 4. The molecule has 1 aliphatic heterocycles. The minimum atomic E-state index is -0.911. The second-order valence-electron chi connectivity index (χ2n) is 4.66. The molecule has 1 saturated heterocycles. The van der Waals surface area contributed by atoms with E-state index in [1.807, 2.05) is 23.9 Å². The number of carbonyl (C=O) groups is 1. The second kappa shape index (κ2) is 7.36. The van der Waals surface area contributed by atoms with Crippen molar-refractivity contribution in [3.05, 3.63) is 41.5 Å². The fourth-order valence-electron chi connectivity index (χ4n) is 2.12. The van der Waals surface area contributed by atoms with Crippen molar-refractivity contribution < 1.29 is 9.90 Å². The van der Waals surface area contributed by atoms with Crippen molar-refractivity contribution >= 4 is 23.8 Å².